The molecule has 0 aromatic rings. The first kappa shape index (κ1) is 14.8. The maximum atomic E-state index is 12.0. The number of fused-ring (bicyclic) bond motifs is 1. The van der Waals surface area contributed by atoms with Gasteiger partial charge in [0.15, 0.2) is 0 Å². The van der Waals surface area contributed by atoms with Crippen molar-refractivity contribution in [2.45, 2.75) is 51.1 Å². The van der Waals surface area contributed by atoms with Crippen LogP contribution in [-0.4, -0.2) is 47.0 Å². The summed E-state index contributed by atoms with van der Waals surface area (Å²) in [6.07, 6.45) is 2.15. The molecule has 1 aliphatic carbocycles. The number of carboxylic acid groups (broad SMARTS) is 1. The molecule has 1 N–H and O–H groups in total. The number of rotatable bonds is 2. The van der Waals surface area contributed by atoms with Crippen LogP contribution in [0.3, 0.4) is 0 Å². The van der Waals surface area contributed by atoms with Crippen LogP contribution in [0.25, 0.3) is 0 Å². The Bertz CT molecular complexity index is 422. The molecule has 1 saturated heterocycles. The Morgan fingerprint density at radius 2 is 2.15 bits per heavy atom. The topological polar surface area (TPSA) is 83.9 Å². The lowest BCUT2D eigenvalue weighted by Gasteiger charge is -2.49. The maximum Gasteiger partial charge on any atom is 0.410 e. The van der Waals surface area contributed by atoms with E-state index in [-0.39, 0.29) is 23.7 Å². The second kappa shape index (κ2) is 5.81. The van der Waals surface area contributed by atoms with Crippen LogP contribution in [0.15, 0.2) is 0 Å². The van der Waals surface area contributed by atoms with Gasteiger partial charge in [-0.25, -0.2) is 9.59 Å². The van der Waals surface area contributed by atoms with Crippen LogP contribution in [0.4, 0.5) is 4.79 Å². The Morgan fingerprint density at radius 3 is 2.70 bits per heavy atom. The van der Waals surface area contributed by atoms with Crippen LogP contribution in [-0.2, 0) is 14.3 Å². The fourth-order valence-corrected chi connectivity index (χ4v) is 3.80. The number of ether oxygens (including phenoxy) is 1. The number of amides is 1. The lowest BCUT2D eigenvalue weighted by Crippen LogP contribution is -2.60. The third-order valence-electron chi connectivity index (χ3n) is 4.65. The van der Waals surface area contributed by atoms with Crippen molar-refractivity contribution in [3.05, 3.63) is 0 Å². The van der Waals surface area contributed by atoms with Gasteiger partial charge in [-0.05, 0) is 31.1 Å². The summed E-state index contributed by atoms with van der Waals surface area (Å²) >= 11 is 0. The van der Waals surface area contributed by atoms with Crippen LogP contribution in [0, 0.1) is 11.8 Å². The van der Waals surface area contributed by atoms with Crippen molar-refractivity contribution in [3.63, 3.8) is 0 Å². The van der Waals surface area contributed by atoms with Gasteiger partial charge < -0.3 is 9.84 Å². The smallest absolute Gasteiger partial charge is 0.410 e. The highest BCUT2D eigenvalue weighted by molar-refractivity contribution is 5.82. The van der Waals surface area contributed by atoms with Crippen LogP contribution in [0.5, 0.6) is 0 Å². The van der Waals surface area contributed by atoms with Crippen molar-refractivity contribution < 1.29 is 24.2 Å². The Hall–Kier alpha value is -1.59. The molecule has 1 aliphatic heterocycles. The second-order valence-electron chi connectivity index (χ2n) is 5.65. The first-order valence-electron chi connectivity index (χ1n) is 7.10. The molecule has 1 amide bonds. The molecule has 2 aliphatic rings. The SMILES string of the molecule is CCC1C2CCC(=O)CC2CC(C(=O)O)N1C(=O)OC. The number of hydrogen-bond donors (Lipinski definition) is 1. The largest absolute Gasteiger partial charge is 0.480 e. The van der Waals surface area contributed by atoms with Gasteiger partial charge in [0, 0.05) is 18.9 Å². The van der Waals surface area contributed by atoms with E-state index in [0.717, 1.165) is 6.42 Å². The third-order valence-corrected chi connectivity index (χ3v) is 4.65. The zero-order chi connectivity index (χ0) is 14.9. The van der Waals surface area contributed by atoms with E-state index in [4.69, 9.17) is 4.74 Å². The zero-order valence-corrected chi connectivity index (χ0v) is 11.9. The Morgan fingerprint density at radius 1 is 1.45 bits per heavy atom. The monoisotopic (exact) mass is 283 g/mol. The number of Topliss-reactive ketones (excluding diaryl/α,β-unsaturated/α-hetero) is 1. The summed E-state index contributed by atoms with van der Waals surface area (Å²) in [4.78, 5) is 36.4. The molecule has 6 heteroatoms. The van der Waals surface area contributed by atoms with Crippen LogP contribution < -0.4 is 0 Å². The summed E-state index contributed by atoms with van der Waals surface area (Å²) in [5.74, 6) is -0.544. The summed E-state index contributed by atoms with van der Waals surface area (Å²) in [5, 5.41) is 9.39. The molecule has 1 saturated carbocycles. The van der Waals surface area contributed by atoms with Crippen molar-refractivity contribution >= 4 is 17.8 Å². The number of ketones is 1. The molecular formula is C14H21NO5. The number of carboxylic acids is 1. The number of methoxy groups -OCH3 is 1. The van der Waals surface area contributed by atoms with Crippen LogP contribution in [0.2, 0.25) is 0 Å². The summed E-state index contributed by atoms with van der Waals surface area (Å²) in [7, 11) is 1.27. The predicted octanol–water partition coefficient (Wildman–Crippen LogP) is 1.68. The summed E-state index contributed by atoms with van der Waals surface area (Å²) in [5.41, 5.74) is 0. The molecule has 112 valence electrons. The highest BCUT2D eigenvalue weighted by atomic mass is 16.5. The first-order chi connectivity index (χ1) is 9.49. The molecule has 4 unspecified atom stereocenters. The van der Waals surface area contributed by atoms with Gasteiger partial charge in [-0.3, -0.25) is 9.69 Å². The first-order valence-corrected chi connectivity index (χ1v) is 7.10. The maximum absolute atomic E-state index is 12.0. The van der Waals surface area contributed by atoms with E-state index in [2.05, 4.69) is 0 Å². The summed E-state index contributed by atoms with van der Waals surface area (Å²) in [6, 6.07) is -1.05. The Balaban J connectivity index is 2.31. The highest BCUT2D eigenvalue weighted by Gasteiger charge is 2.49. The van der Waals surface area contributed by atoms with Crippen molar-refractivity contribution in [1.82, 2.24) is 4.90 Å². The van der Waals surface area contributed by atoms with Crippen LogP contribution in [0.1, 0.15) is 39.0 Å². The van der Waals surface area contributed by atoms with E-state index in [0.29, 0.717) is 25.7 Å². The summed E-state index contributed by atoms with van der Waals surface area (Å²) < 4.78 is 4.76. The predicted molar refractivity (Wildman–Crippen MR) is 70.2 cm³/mol. The minimum atomic E-state index is -1.02. The average Bonchev–Trinajstić information content (AvgIpc) is 2.43. The molecule has 20 heavy (non-hydrogen) atoms. The van der Waals surface area contributed by atoms with Crippen molar-refractivity contribution in [1.29, 1.82) is 0 Å². The van der Waals surface area contributed by atoms with Gasteiger partial charge in [-0.2, -0.15) is 0 Å². The lowest BCUT2D eigenvalue weighted by molar-refractivity contribution is -0.150. The molecule has 6 nitrogen and oxygen atoms in total. The lowest BCUT2D eigenvalue weighted by atomic mass is 9.68. The number of carbonyl (C=O) groups excluding carboxylic acids is 2. The minimum Gasteiger partial charge on any atom is -0.480 e. The molecule has 0 spiro atoms. The molecule has 4 atom stereocenters. The number of carbonyl (C=O) groups is 3. The molecule has 2 rings (SSSR count). The third kappa shape index (κ3) is 2.51. The molecule has 0 radical (unpaired) electrons. The van der Waals surface area contributed by atoms with Gasteiger partial charge in [-0.15, -0.1) is 0 Å². The fourth-order valence-electron chi connectivity index (χ4n) is 3.80. The summed E-state index contributed by atoms with van der Waals surface area (Å²) in [6.45, 7) is 1.94. The fraction of sp³-hybridized carbons (Fsp3) is 0.786. The van der Waals surface area contributed by atoms with Gasteiger partial charge in [0.25, 0.3) is 0 Å². The molecule has 2 fully saturated rings. The minimum absolute atomic E-state index is 0.0724. The van der Waals surface area contributed by atoms with E-state index in [1.54, 1.807) is 0 Å². The van der Waals surface area contributed by atoms with Gasteiger partial charge >= 0.3 is 12.1 Å². The molecule has 0 aromatic heterocycles. The number of hydrogen-bond acceptors (Lipinski definition) is 4. The van der Waals surface area contributed by atoms with Gasteiger partial charge in [0.2, 0.25) is 0 Å². The van der Waals surface area contributed by atoms with Crippen LogP contribution >= 0.6 is 0 Å². The number of aliphatic carboxylic acids is 1. The number of likely N-dealkylation sites (tertiary alicyclic amines) is 1. The van der Waals surface area contributed by atoms with E-state index in [1.165, 1.54) is 12.0 Å². The molecular weight excluding hydrogens is 262 g/mol. The zero-order valence-electron chi connectivity index (χ0n) is 11.9. The van der Waals surface area contributed by atoms with E-state index in [9.17, 15) is 19.5 Å². The number of piperidine rings is 1. The van der Waals surface area contributed by atoms with Gasteiger partial charge in [0.1, 0.15) is 11.8 Å². The van der Waals surface area contributed by atoms with E-state index >= 15 is 0 Å². The highest BCUT2D eigenvalue weighted by Crippen LogP contribution is 2.42. The second-order valence-corrected chi connectivity index (χ2v) is 5.65. The Labute approximate surface area is 118 Å². The van der Waals surface area contributed by atoms with Gasteiger partial charge in [0.05, 0.1) is 7.11 Å². The van der Waals surface area contributed by atoms with Gasteiger partial charge in [-0.1, -0.05) is 6.92 Å². The molecule has 0 aromatic carbocycles. The Kier molecular flexibility index (Phi) is 4.30. The van der Waals surface area contributed by atoms with E-state index in [1.807, 2.05) is 6.92 Å². The van der Waals surface area contributed by atoms with Crippen molar-refractivity contribution in [2.24, 2.45) is 11.8 Å². The normalized spacial score (nSPS) is 33.5. The average molecular weight is 283 g/mol. The van der Waals surface area contributed by atoms with E-state index < -0.39 is 18.1 Å². The quantitative estimate of drug-likeness (QED) is 0.833. The van der Waals surface area contributed by atoms with Crippen molar-refractivity contribution in [3.8, 4) is 0 Å². The molecule has 0 bridgehead atoms. The van der Waals surface area contributed by atoms with Crippen molar-refractivity contribution in [2.75, 3.05) is 7.11 Å². The molecule has 1 heterocycles. The number of nitrogens with zero attached hydrogens (tertiary/aromatic N) is 1. The standard InChI is InChI=1S/C14H21NO5/c1-3-11-10-5-4-9(16)6-8(10)7-12(13(17)18)15(11)14(19)20-2/h8,10-12H,3-7H2,1-2H3,(H,17,18).